The maximum Gasteiger partial charge on any atom is 0.309 e. The molecule has 1 aromatic carbocycles. The van der Waals surface area contributed by atoms with E-state index in [9.17, 15) is 9.59 Å². The summed E-state index contributed by atoms with van der Waals surface area (Å²) in [5, 5.41) is 2.58. The van der Waals surface area contributed by atoms with Crippen molar-refractivity contribution in [3.8, 4) is 0 Å². The van der Waals surface area contributed by atoms with Gasteiger partial charge in [0.2, 0.25) is 5.91 Å². The Hall–Kier alpha value is -2.10. The molecule has 0 atom stereocenters. The van der Waals surface area contributed by atoms with Crippen LogP contribution in [-0.2, 0) is 20.7 Å². The van der Waals surface area contributed by atoms with Crippen molar-refractivity contribution in [1.82, 2.24) is 5.32 Å². The van der Waals surface area contributed by atoms with E-state index in [1.54, 1.807) is 20.0 Å². The van der Waals surface area contributed by atoms with Gasteiger partial charge in [-0.2, -0.15) is 0 Å². The summed E-state index contributed by atoms with van der Waals surface area (Å²) in [6.07, 6.45) is 4.28. The van der Waals surface area contributed by atoms with Gasteiger partial charge >= 0.3 is 5.97 Å². The number of amides is 1. The molecular formula is C15H19NO3. The van der Waals surface area contributed by atoms with Crippen molar-refractivity contribution < 1.29 is 14.3 Å². The van der Waals surface area contributed by atoms with Crippen molar-refractivity contribution in [2.24, 2.45) is 0 Å². The molecule has 0 saturated heterocycles. The highest BCUT2D eigenvalue weighted by Gasteiger charge is 2.00. The van der Waals surface area contributed by atoms with E-state index in [1.807, 2.05) is 30.3 Å². The van der Waals surface area contributed by atoms with Crippen LogP contribution in [0.15, 0.2) is 30.3 Å². The first-order valence-electron chi connectivity index (χ1n) is 6.27. The van der Waals surface area contributed by atoms with Crippen LogP contribution in [0.1, 0.15) is 24.5 Å². The summed E-state index contributed by atoms with van der Waals surface area (Å²) in [6, 6.07) is 7.64. The number of carbonyl (C=O) groups excluding carboxylic acids is 2. The largest absolute Gasteiger partial charge is 0.466 e. The standard InChI is InChI=1S/C15H19NO3/c1-3-19-15(18)6-4-5-12-7-9-13(10-8-12)11-14(17)16-2/h4-5,7-10H,3,6,11H2,1-2H3,(H,16,17). The first kappa shape index (κ1) is 15.0. The van der Waals surface area contributed by atoms with Crippen molar-refractivity contribution in [2.75, 3.05) is 13.7 Å². The highest BCUT2D eigenvalue weighted by molar-refractivity contribution is 5.78. The van der Waals surface area contributed by atoms with Crippen LogP contribution in [0.3, 0.4) is 0 Å². The molecule has 1 N–H and O–H groups in total. The molecule has 0 bridgehead atoms. The predicted octanol–water partition coefficient (Wildman–Crippen LogP) is 1.94. The first-order valence-corrected chi connectivity index (χ1v) is 6.27. The third-order valence-corrected chi connectivity index (χ3v) is 2.52. The van der Waals surface area contributed by atoms with Crippen LogP contribution in [0.2, 0.25) is 0 Å². The Bertz CT molecular complexity index is 449. The lowest BCUT2D eigenvalue weighted by Crippen LogP contribution is -2.19. The number of likely N-dealkylation sites (N-methyl/N-ethyl adjacent to an activating group) is 1. The topological polar surface area (TPSA) is 55.4 Å². The van der Waals surface area contributed by atoms with E-state index in [4.69, 9.17) is 4.74 Å². The zero-order valence-electron chi connectivity index (χ0n) is 11.3. The number of nitrogens with one attached hydrogen (secondary N) is 1. The number of ether oxygens (including phenoxy) is 1. The lowest BCUT2D eigenvalue weighted by Gasteiger charge is -2.01. The van der Waals surface area contributed by atoms with Crippen molar-refractivity contribution in [3.63, 3.8) is 0 Å². The highest BCUT2D eigenvalue weighted by atomic mass is 16.5. The number of esters is 1. The van der Waals surface area contributed by atoms with Crippen LogP contribution >= 0.6 is 0 Å². The molecule has 0 radical (unpaired) electrons. The van der Waals surface area contributed by atoms with Crippen molar-refractivity contribution >= 4 is 18.0 Å². The van der Waals surface area contributed by atoms with Gasteiger partial charge in [-0.25, -0.2) is 0 Å². The van der Waals surface area contributed by atoms with Crippen LogP contribution in [0.4, 0.5) is 0 Å². The Morgan fingerprint density at radius 2 is 1.95 bits per heavy atom. The normalized spacial score (nSPS) is 10.4. The monoisotopic (exact) mass is 261 g/mol. The molecule has 0 aliphatic heterocycles. The Morgan fingerprint density at radius 3 is 2.53 bits per heavy atom. The molecule has 102 valence electrons. The van der Waals surface area contributed by atoms with Gasteiger partial charge in [-0.3, -0.25) is 9.59 Å². The summed E-state index contributed by atoms with van der Waals surface area (Å²) in [5.41, 5.74) is 1.95. The van der Waals surface area contributed by atoms with Crippen molar-refractivity contribution in [3.05, 3.63) is 41.5 Å². The van der Waals surface area contributed by atoms with Gasteiger partial charge in [-0.1, -0.05) is 36.4 Å². The molecule has 1 rings (SSSR count). The zero-order valence-corrected chi connectivity index (χ0v) is 11.3. The molecule has 0 saturated carbocycles. The molecule has 19 heavy (non-hydrogen) atoms. The van der Waals surface area contributed by atoms with Crippen LogP contribution in [0, 0.1) is 0 Å². The SMILES string of the molecule is CCOC(=O)CC=Cc1ccc(CC(=O)NC)cc1. The van der Waals surface area contributed by atoms with E-state index in [-0.39, 0.29) is 18.3 Å². The number of rotatable bonds is 6. The molecule has 0 spiro atoms. The van der Waals surface area contributed by atoms with E-state index < -0.39 is 0 Å². The number of carbonyl (C=O) groups is 2. The van der Waals surface area contributed by atoms with Crippen molar-refractivity contribution in [1.29, 1.82) is 0 Å². The van der Waals surface area contributed by atoms with Crippen LogP contribution in [0.25, 0.3) is 6.08 Å². The summed E-state index contributed by atoms with van der Waals surface area (Å²) in [5.74, 6) is -0.236. The molecule has 0 heterocycles. The molecule has 1 amide bonds. The highest BCUT2D eigenvalue weighted by Crippen LogP contribution is 2.07. The summed E-state index contributed by atoms with van der Waals surface area (Å²) >= 11 is 0. The molecule has 1 aromatic rings. The molecule has 4 heteroatoms. The van der Waals surface area contributed by atoms with Crippen molar-refractivity contribution in [2.45, 2.75) is 19.8 Å². The Kier molecular flexibility index (Phi) is 6.36. The maximum atomic E-state index is 11.2. The minimum Gasteiger partial charge on any atom is -0.466 e. The molecule has 4 nitrogen and oxygen atoms in total. The fraction of sp³-hybridized carbons (Fsp3) is 0.333. The van der Waals surface area contributed by atoms with E-state index >= 15 is 0 Å². The molecule has 0 aromatic heterocycles. The van der Waals surface area contributed by atoms with Gasteiger partial charge < -0.3 is 10.1 Å². The van der Waals surface area contributed by atoms with Gasteiger partial charge in [0, 0.05) is 7.05 Å². The third kappa shape index (κ3) is 5.86. The average Bonchev–Trinajstić information content (AvgIpc) is 2.41. The van der Waals surface area contributed by atoms with Gasteiger partial charge in [-0.15, -0.1) is 0 Å². The molecule has 0 unspecified atom stereocenters. The second-order valence-electron chi connectivity index (χ2n) is 4.00. The zero-order chi connectivity index (χ0) is 14.1. The number of benzene rings is 1. The van der Waals surface area contributed by atoms with Crippen LogP contribution in [-0.4, -0.2) is 25.5 Å². The lowest BCUT2D eigenvalue weighted by molar-refractivity contribution is -0.142. The Labute approximate surface area is 113 Å². The summed E-state index contributed by atoms with van der Waals surface area (Å²) in [7, 11) is 1.62. The summed E-state index contributed by atoms with van der Waals surface area (Å²) < 4.78 is 4.82. The quantitative estimate of drug-likeness (QED) is 0.796. The number of hydrogen-bond acceptors (Lipinski definition) is 3. The molecular weight excluding hydrogens is 242 g/mol. The maximum absolute atomic E-state index is 11.2. The summed E-state index contributed by atoms with van der Waals surface area (Å²) in [4.78, 5) is 22.3. The molecule has 0 aliphatic rings. The average molecular weight is 261 g/mol. The van der Waals surface area contributed by atoms with E-state index in [0.29, 0.717) is 13.0 Å². The predicted molar refractivity (Wildman–Crippen MR) is 74.5 cm³/mol. The lowest BCUT2D eigenvalue weighted by atomic mass is 10.1. The second kappa shape index (κ2) is 8.08. The van der Waals surface area contributed by atoms with Gasteiger partial charge in [0.05, 0.1) is 19.4 Å². The van der Waals surface area contributed by atoms with Gasteiger partial charge in [0.25, 0.3) is 0 Å². The summed E-state index contributed by atoms with van der Waals surface area (Å²) in [6.45, 7) is 2.19. The fourth-order valence-corrected chi connectivity index (χ4v) is 1.53. The van der Waals surface area contributed by atoms with Gasteiger partial charge in [0.15, 0.2) is 0 Å². The van der Waals surface area contributed by atoms with E-state index in [0.717, 1.165) is 11.1 Å². The van der Waals surface area contributed by atoms with E-state index in [2.05, 4.69) is 5.32 Å². The third-order valence-electron chi connectivity index (χ3n) is 2.52. The molecule has 0 fully saturated rings. The number of hydrogen-bond donors (Lipinski definition) is 1. The minimum atomic E-state index is -0.227. The van der Waals surface area contributed by atoms with Gasteiger partial charge in [-0.05, 0) is 18.1 Å². The van der Waals surface area contributed by atoms with Crippen LogP contribution in [0.5, 0.6) is 0 Å². The Balaban J connectivity index is 2.50. The molecule has 0 aliphatic carbocycles. The Morgan fingerprint density at radius 1 is 1.26 bits per heavy atom. The first-order chi connectivity index (χ1) is 9.15. The fourth-order valence-electron chi connectivity index (χ4n) is 1.53. The second-order valence-corrected chi connectivity index (χ2v) is 4.00. The van der Waals surface area contributed by atoms with Crippen LogP contribution < -0.4 is 5.32 Å². The van der Waals surface area contributed by atoms with Gasteiger partial charge in [0.1, 0.15) is 0 Å². The smallest absolute Gasteiger partial charge is 0.309 e. The minimum absolute atomic E-state index is 0.00870. The van der Waals surface area contributed by atoms with E-state index in [1.165, 1.54) is 0 Å².